The number of ether oxygens (including phenoxy) is 1. The molecule has 1 aromatic heterocycles. The lowest BCUT2D eigenvalue weighted by molar-refractivity contribution is 0.0505. The maximum Gasteiger partial charge on any atom is 0.338 e. The van der Waals surface area contributed by atoms with E-state index in [2.05, 4.69) is 0 Å². The molecule has 4 rings (SSSR count). The van der Waals surface area contributed by atoms with Gasteiger partial charge in [0, 0.05) is 11.4 Å². The normalized spacial score (nSPS) is 10.9. The highest BCUT2D eigenvalue weighted by atomic mass is 35.5. The maximum absolute atomic E-state index is 13.8. The zero-order valence-electron chi connectivity index (χ0n) is 15.7. The average Bonchev–Trinajstić information content (AvgIpc) is 2.74. The summed E-state index contributed by atoms with van der Waals surface area (Å²) in [6, 6.07) is 19.0. The Bertz CT molecular complexity index is 1280. The first-order valence-corrected chi connectivity index (χ1v) is 9.64. The zero-order chi connectivity index (χ0) is 21.1. The van der Waals surface area contributed by atoms with Crippen LogP contribution in [0.2, 0.25) is 5.02 Å². The minimum atomic E-state index is -0.512. The number of hydrogen-bond acceptors (Lipinski definition) is 4. The van der Waals surface area contributed by atoms with Crippen LogP contribution >= 0.6 is 11.6 Å². The fraction of sp³-hybridized carbons (Fsp3) is 0.0833. The van der Waals surface area contributed by atoms with E-state index in [1.54, 1.807) is 54.6 Å². The molecule has 4 aromatic rings. The summed E-state index contributed by atoms with van der Waals surface area (Å²) in [6.07, 6.45) is 0.158. The molecule has 0 aliphatic carbocycles. The standard InChI is InChI=1S/C24H16ClFO4/c25-17-10-8-15(9-11-17)24(28)29-13-12-21-22(16-4-3-5-18(26)14-16)23(27)19-6-1-2-7-20(19)30-21/h1-11,14H,12-13H2. The van der Waals surface area contributed by atoms with Crippen LogP contribution in [0.25, 0.3) is 22.1 Å². The second kappa shape index (κ2) is 8.51. The van der Waals surface area contributed by atoms with Gasteiger partial charge in [0.15, 0.2) is 0 Å². The van der Waals surface area contributed by atoms with Crippen LogP contribution in [0.5, 0.6) is 0 Å². The first kappa shape index (κ1) is 19.9. The lowest BCUT2D eigenvalue weighted by Gasteiger charge is -2.11. The Kier molecular flexibility index (Phi) is 5.63. The SMILES string of the molecule is O=C(OCCc1oc2ccccc2c(=O)c1-c1cccc(F)c1)c1ccc(Cl)cc1. The number of halogens is 2. The molecule has 0 atom stereocenters. The lowest BCUT2D eigenvalue weighted by Crippen LogP contribution is -2.13. The molecule has 0 unspecified atom stereocenters. The number of para-hydroxylation sites is 1. The monoisotopic (exact) mass is 422 g/mol. The molecule has 0 N–H and O–H groups in total. The smallest absolute Gasteiger partial charge is 0.338 e. The number of esters is 1. The van der Waals surface area contributed by atoms with Crippen molar-refractivity contribution in [2.45, 2.75) is 6.42 Å². The van der Waals surface area contributed by atoms with Gasteiger partial charge in [-0.1, -0.05) is 35.9 Å². The highest BCUT2D eigenvalue weighted by Crippen LogP contribution is 2.26. The van der Waals surface area contributed by atoms with Gasteiger partial charge in [-0.2, -0.15) is 0 Å². The van der Waals surface area contributed by atoms with Crippen molar-refractivity contribution >= 4 is 28.5 Å². The van der Waals surface area contributed by atoms with Gasteiger partial charge < -0.3 is 9.15 Å². The van der Waals surface area contributed by atoms with Crippen LogP contribution < -0.4 is 5.43 Å². The third-order valence-corrected chi connectivity index (χ3v) is 4.88. The van der Waals surface area contributed by atoms with E-state index in [0.717, 1.165) is 0 Å². The fourth-order valence-corrected chi connectivity index (χ4v) is 3.33. The molecule has 0 saturated heterocycles. The summed E-state index contributed by atoms with van der Waals surface area (Å²) in [5, 5.41) is 0.919. The molecule has 4 nitrogen and oxygen atoms in total. The summed E-state index contributed by atoms with van der Waals surface area (Å²) in [7, 11) is 0. The summed E-state index contributed by atoms with van der Waals surface area (Å²) in [5.74, 6) is -0.643. The van der Waals surface area contributed by atoms with Gasteiger partial charge in [-0.3, -0.25) is 4.79 Å². The molecule has 1 heterocycles. The molecule has 0 aliphatic rings. The summed E-state index contributed by atoms with van der Waals surface area (Å²) in [5.41, 5.74) is 1.19. The Balaban J connectivity index is 1.65. The molecule has 3 aromatic carbocycles. The first-order valence-electron chi connectivity index (χ1n) is 9.26. The summed E-state index contributed by atoms with van der Waals surface area (Å²) in [4.78, 5) is 25.3. The van der Waals surface area contributed by atoms with Crippen LogP contribution in [-0.4, -0.2) is 12.6 Å². The number of carbonyl (C=O) groups is 1. The Morgan fingerprint density at radius 1 is 1.00 bits per heavy atom. The lowest BCUT2D eigenvalue weighted by atomic mass is 10.0. The van der Waals surface area contributed by atoms with Crippen LogP contribution in [-0.2, 0) is 11.2 Å². The van der Waals surface area contributed by atoms with Gasteiger partial charge in [0.2, 0.25) is 5.43 Å². The maximum atomic E-state index is 13.8. The van der Waals surface area contributed by atoms with Crippen LogP contribution in [0.3, 0.4) is 0 Å². The highest BCUT2D eigenvalue weighted by molar-refractivity contribution is 6.30. The van der Waals surface area contributed by atoms with E-state index in [1.807, 2.05) is 0 Å². The average molecular weight is 423 g/mol. The molecule has 0 fully saturated rings. The topological polar surface area (TPSA) is 56.5 Å². The molecule has 0 saturated carbocycles. The number of benzene rings is 3. The predicted molar refractivity (Wildman–Crippen MR) is 113 cm³/mol. The Morgan fingerprint density at radius 3 is 2.53 bits per heavy atom. The van der Waals surface area contributed by atoms with Crippen molar-refractivity contribution < 1.29 is 18.3 Å². The van der Waals surface area contributed by atoms with Crippen molar-refractivity contribution in [1.29, 1.82) is 0 Å². The van der Waals surface area contributed by atoms with Gasteiger partial charge >= 0.3 is 5.97 Å². The molecule has 6 heteroatoms. The van der Waals surface area contributed by atoms with E-state index in [4.69, 9.17) is 20.8 Å². The third kappa shape index (κ3) is 4.11. The van der Waals surface area contributed by atoms with Gasteiger partial charge in [-0.25, -0.2) is 9.18 Å². The van der Waals surface area contributed by atoms with Crippen LogP contribution in [0.4, 0.5) is 4.39 Å². The van der Waals surface area contributed by atoms with Gasteiger partial charge in [-0.15, -0.1) is 0 Å². The molecule has 150 valence electrons. The Labute approximate surface area is 176 Å². The largest absolute Gasteiger partial charge is 0.462 e. The van der Waals surface area contributed by atoms with Crippen molar-refractivity contribution in [3.05, 3.63) is 105 Å². The quantitative estimate of drug-likeness (QED) is 0.390. The minimum Gasteiger partial charge on any atom is -0.462 e. The number of hydrogen-bond donors (Lipinski definition) is 0. The third-order valence-electron chi connectivity index (χ3n) is 4.63. The summed E-state index contributed by atoms with van der Waals surface area (Å²) in [6.45, 7) is -0.00887. The molecular weight excluding hydrogens is 407 g/mol. The van der Waals surface area contributed by atoms with E-state index in [9.17, 15) is 14.0 Å². The zero-order valence-corrected chi connectivity index (χ0v) is 16.5. The molecule has 0 spiro atoms. The second-order valence-electron chi connectivity index (χ2n) is 6.63. The second-order valence-corrected chi connectivity index (χ2v) is 7.07. The fourth-order valence-electron chi connectivity index (χ4n) is 3.21. The van der Waals surface area contributed by atoms with Gasteiger partial charge in [0.1, 0.15) is 17.2 Å². The van der Waals surface area contributed by atoms with Crippen LogP contribution in [0.1, 0.15) is 16.1 Å². The summed E-state index contributed by atoms with van der Waals surface area (Å²) < 4.78 is 25.1. The molecule has 0 bridgehead atoms. The van der Waals surface area contributed by atoms with Crippen molar-refractivity contribution in [2.75, 3.05) is 6.61 Å². The van der Waals surface area contributed by atoms with E-state index >= 15 is 0 Å². The highest BCUT2D eigenvalue weighted by Gasteiger charge is 2.17. The van der Waals surface area contributed by atoms with E-state index in [0.29, 0.717) is 32.9 Å². The Morgan fingerprint density at radius 2 is 1.77 bits per heavy atom. The summed E-state index contributed by atoms with van der Waals surface area (Å²) >= 11 is 5.83. The van der Waals surface area contributed by atoms with Crippen molar-refractivity contribution in [3.63, 3.8) is 0 Å². The van der Waals surface area contributed by atoms with Crippen LogP contribution in [0, 0.1) is 5.82 Å². The molecular formula is C24H16ClFO4. The minimum absolute atomic E-state index is 0.00887. The number of fused-ring (bicyclic) bond motifs is 1. The van der Waals surface area contributed by atoms with E-state index < -0.39 is 11.8 Å². The van der Waals surface area contributed by atoms with Gasteiger partial charge in [0.05, 0.1) is 23.1 Å². The van der Waals surface area contributed by atoms with Crippen molar-refractivity contribution in [2.24, 2.45) is 0 Å². The Hall–Kier alpha value is -3.44. The number of rotatable bonds is 5. The van der Waals surface area contributed by atoms with Crippen molar-refractivity contribution in [3.8, 4) is 11.1 Å². The van der Waals surface area contributed by atoms with Gasteiger partial charge in [-0.05, 0) is 54.1 Å². The molecule has 30 heavy (non-hydrogen) atoms. The molecule has 0 radical (unpaired) electrons. The first-order chi connectivity index (χ1) is 14.5. The van der Waals surface area contributed by atoms with Crippen molar-refractivity contribution in [1.82, 2.24) is 0 Å². The predicted octanol–water partition coefficient (Wildman–Crippen LogP) is 5.65. The van der Waals surface area contributed by atoms with E-state index in [1.165, 1.54) is 18.2 Å². The number of carbonyl (C=O) groups excluding carboxylic acids is 1. The van der Waals surface area contributed by atoms with Gasteiger partial charge in [0.25, 0.3) is 0 Å². The molecule has 0 aliphatic heterocycles. The van der Waals surface area contributed by atoms with E-state index in [-0.39, 0.29) is 24.0 Å². The molecule has 0 amide bonds. The van der Waals surface area contributed by atoms with Crippen LogP contribution in [0.15, 0.2) is 82.0 Å².